The van der Waals surface area contributed by atoms with Gasteiger partial charge in [-0.05, 0) is 44.0 Å². The van der Waals surface area contributed by atoms with Crippen molar-refractivity contribution in [3.05, 3.63) is 59.2 Å². The first-order valence-electron chi connectivity index (χ1n) is 6.75. The van der Waals surface area contributed by atoms with Gasteiger partial charge in [-0.15, -0.1) is 11.8 Å². The minimum atomic E-state index is -0.0203. The summed E-state index contributed by atoms with van der Waals surface area (Å²) in [5.74, 6) is 0.0905. The van der Waals surface area contributed by atoms with Crippen molar-refractivity contribution in [3.8, 4) is 0 Å². The third-order valence-electron chi connectivity index (χ3n) is 3.51. The highest BCUT2D eigenvalue weighted by atomic mass is 32.2. The summed E-state index contributed by atoms with van der Waals surface area (Å²) in [6.45, 7) is 4.12. The Kier molecular flexibility index (Phi) is 3.53. The van der Waals surface area contributed by atoms with Crippen molar-refractivity contribution in [1.29, 1.82) is 0 Å². The van der Waals surface area contributed by atoms with Gasteiger partial charge in [0.15, 0.2) is 0 Å². The van der Waals surface area contributed by atoms with Gasteiger partial charge in [0.2, 0.25) is 5.91 Å². The maximum atomic E-state index is 12.3. The predicted molar refractivity (Wildman–Crippen MR) is 84.3 cm³/mol. The number of nitrogens with one attached hydrogen (secondary N) is 1. The van der Waals surface area contributed by atoms with E-state index in [2.05, 4.69) is 30.4 Å². The molecule has 1 heterocycles. The smallest absolute Gasteiger partial charge is 0.238 e. The molecule has 0 saturated carbocycles. The first kappa shape index (κ1) is 13.3. The molecule has 0 saturated heterocycles. The van der Waals surface area contributed by atoms with E-state index < -0.39 is 0 Å². The van der Waals surface area contributed by atoms with Gasteiger partial charge < -0.3 is 5.32 Å². The molecule has 1 atom stereocenters. The van der Waals surface area contributed by atoms with E-state index in [4.69, 9.17) is 0 Å². The molecule has 102 valence electrons. The van der Waals surface area contributed by atoms with E-state index in [0.29, 0.717) is 0 Å². The summed E-state index contributed by atoms with van der Waals surface area (Å²) in [5.41, 5.74) is 4.59. The molecule has 20 heavy (non-hydrogen) atoms. The van der Waals surface area contributed by atoms with Gasteiger partial charge in [0.25, 0.3) is 0 Å². The summed E-state index contributed by atoms with van der Waals surface area (Å²) < 4.78 is 0. The molecule has 1 N–H and O–H groups in total. The fraction of sp³-hybridized carbons (Fsp3) is 0.235. The van der Waals surface area contributed by atoms with Gasteiger partial charge in [-0.1, -0.05) is 35.4 Å². The van der Waals surface area contributed by atoms with Crippen LogP contribution < -0.4 is 5.32 Å². The molecular weight excluding hydrogens is 266 g/mol. The van der Waals surface area contributed by atoms with Crippen LogP contribution in [0.2, 0.25) is 0 Å². The number of hydrogen-bond acceptors (Lipinski definition) is 2. The lowest BCUT2D eigenvalue weighted by molar-refractivity contribution is -0.115. The normalized spacial score (nSPS) is 16.8. The second kappa shape index (κ2) is 5.33. The minimum absolute atomic E-state index is 0.0203. The lowest BCUT2D eigenvalue weighted by Gasteiger charge is -2.10. The average Bonchev–Trinajstić information content (AvgIpc) is 2.84. The number of fused-ring (bicyclic) bond motifs is 1. The molecule has 1 amide bonds. The van der Waals surface area contributed by atoms with E-state index in [1.165, 1.54) is 21.6 Å². The zero-order valence-corrected chi connectivity index (χ0v) is 12.5. The lowest BCUT2D eigenvalue weighted by atomic mass is 10.1. The van der Waals surface area contributed by atoms with Crippen molar-refractivity contribution in [3.63, 3.8) is 0 Å². The van der Waals surface area contributed by atoms with Crippen LogP contribution in [-0.4, -0.2) is 11.2 Å². The molecule has 0 bridgehead atoms. The van der Waals surface area contributed by atoms with Gasteiger partial charge in [0.1, 0.15) is 0 Å². The van der Waals surface area contributed by atoms with Gasteiger partial charge in [0, 0.05) is 10.6 Å². The second-order valence-electron chi connectivity index (χ2n) is 5.28. The summed E-state index contributed by atoms with van der Waals surface area (Å²) in [7, 11) is 0. The van der Waals surface area contributed by atoms with Crippen LogP contribution in [0.25, 0.3) is 0 Å². The number of thioether (sulfide) groups is 1. The van der Waals surface area contributed by atoms with Crippen molar-refractivity contribution in [1.82, 2.24) is 0 Å². The molecule has 2 aromatic carbocycles. The zero-order valence-electron chi connectivity index (χ0n) is 11.6. The summed E-state index contributed by atoms with van der Waals surface area (Å²) in [5, 5.41) is 2.98. The molecule has 3 heteroatoms. The fourth-order valence-electron chi connectivity index (χ4n) is 2.34. The fourth-order valence-corrected chi connectivity index (χ4v) is 3.63. The van der Waals surface area contributed by atoms with Crippen LogP contribution in [0.1, 0.15) is 16.7 Å². The van der Waals surface area contributed by atoms with Crippen LogP contribution in [0.15, 0.2) is 47.4 Å². The third kappa shape index (κ3) is 2.73. The maximum Gasteiger partial charge on any atom is 0.238 e. The van der Waals surface area contributed by atoms with Crippen LogP contribution in [0.3, 0.4) is 0 Å². The van der Waals surface area contributed by atoms with Gasteiger partial charge in [-0.3, -0.25) is 4.79 Å². The molecule has 2 aromatic rings. The molecule has 0 fully saturated rings. The third-order valence-corrected chi connectivity index (χ3v) is 4.81. The Labute approximate surface area is 123 Å². The standard InChI is InChI=1S/C17H17NOS/c1-11-4-7-14(8-5-11)18-17(19)16-10-13-6-3-12(2)9-15(13)20-16/h3-9,16H,10H2,1-2H3,(H,18,19). The summed E-state index contributed by atoms with van der Waals surface area (Å²) in [4.78, 5) is 13.6. The first-order chi connectivity index (χ1) is 9.61. The number of benzene rings is 2. The Morgan fingerprint density at radius 2 is 1.80 bits per heavy atom. The SMILES string of the molecule is Cc1ccc(NC(=O)C2Cc3ccc(C)cc3S2)cc1. The van der Waals surface area contributed by atoms with E-state index in [1.807, 2.05) is 31.2 Å². The number of carbonyl (C=O) groups excluding carboxylic acids is 1. The van der Waals surface area contributed by atoms with Crippen LogP contribution >= 0.6 is 11.8 Å². The quantitative estimate of drug-likeness (QED) is 0.904. The Morgan fingerprint density at radius 3 is 2.55 bits per heavy atom. The predicted octanol–water partition coefficient (Wildman–Crippen LogP) is 3.96. The first-order valence-corrected chi connectivity index (χ1v) is 7.63. The van der Waals surface area contributed by atoms with Gasteiger partial charge in [-0.2, -0.15) is 0 Å². The average molecular weight is 283 g/mol. The monoisotopic (exact) mass is 283 g/mol. The summed E-state index contributed by atoms with van der Waals surface area (Å²) in [6.07, 6.45) is 0.817. The van der Waals surface area contributed by atoms with Crippen molar-refractivity contribution in [2.24, 2.45) is 0 Å². The number of carbonyl (C=O) groups is 1. The highest BCUT2D eigenvalue weighted by Crippen LogP contribution is 2.38. The summed E-state index contributed by atoms with van der Waals surface area (Å²) >= 11 is 1.67. The van der Waals surface area contributed by atoms with Crippen LogP contribution in [0, 0.1) is 13.8 Å². The largest absolute Gasteiger partial charge is 0.325 e. The van der Waals surface area contributed by atoms with Crippen LogP contribution in [0.4, 0.5) is 5.69 Å². The van der Waals surface area contributed by atoms with Crippen LogP contribution in [-0.2, 0) is 11.2 Å². The van der Waals surface area contributed by atoms with E-state index >= 15 is 0 Å². The van der Waals surface area contributed by atoms with E-state index in [0.717, 1.165) is 12.1 Å². The molecule has 0 spiro atoms. The molecule has 0 aliphatic carbocycles. The molecule has 1 aliphatic rings. The summed E-state index contributed by atoms with van der Waals surface area (Å²) in [6, 6.07) is 14.3. The Morgan fingerprint density at radius 1 is 1.10 bits per heavy atom. The van der Waals surface area contributed by atoms with E-state index in [1.54, 1.807) is 11.8 Å². The molecule has 1 unspecified atom stereocenters. The maximum absolute atomic E-state index is 12.3. The molecule has 2 nitrogen and oxygen atoms in total. The Balaban J connectivity index is 1.69. The van der Waals surface area contributed by atoms with E-state index in [9.17, 15) is 4.79 Å². The van der Waals surface area contributed by atoms with Gasteiger partial charge in [0.05, 0.1) is 5.25 Å². The Hall–Kier alpha value is -1.74. The number of rotatable bonds is 2. The van der Waals surface area contributed by atoms with Crippen LogP contribution in [0.5, 0.6) is 0 Å². The van der Waals surface area contributed by atoms with E-state index in [-0.39, 0.29) is 11.2 Å². The number of anilines is 1. The number of amides is 1. The second-order valence-corrected chi connectivity index (χ2v) is 6.52. The molecular formula is C17H17NOS. The van der Waals surface area contributed by atoms with Crippen molar-refractivity contribution < 1.29 is 4.79 Å². The van der Waals surface area contributed by atoms with Gasteiger partial charge in [-0.25, -0.2) is 0 Å². The Bertz CT molecular complexity index is 649. The lowest BCUT2D eigenvalue weighted by Crippen LogP contribution is -2.24. The molecule has 0 radical (unpaired) electrons. The number of aryl methyl sites for hydroxylation is 2. The highest BCUT2D eigenvalue weighted by molar-refractivity contribution is 8.01. The van der Waals surface area contributed by atoms with Crippen molar-refractivity contribution in [2.75, 3.05) is 5.32 Å². The number of hydrogen-bond donors (Lipinski definition) is 1. The van der Waals surface area contributed by atoms with Crippen molar-refractivity contribution >= 4 is 23.4 Å². The zero-order chi connectivity index (χ0) is 14.1. The minimum Gasteiger partial charge on any atom is -0.325 e. The topological polar surface area (TPSA) is 29.1 Å². The molecule has 1 aliphatic heterocycles. The van der Waals surface area contributed by atoms with Crippen molar-refractivity contribution in [2.45, 2.75) is 30.4 Å². The molecule has 3 rings (SSSR count). The van der Waals surface area contributed by atoms with Gasteiger partial charge >= 0.3 is 0 Å². The molecule has 0 aromatic heterocycles. The highest BCUT2D eigenvalue weighted by Gasteiger charge is 2.28.